The number of allylic oxidation sites excluding steroid dienone is 2. The Balaban J connectivity index is 2.31. The van der Waals surface area contributed by atoms with Crippen molar-refractivity contribution in [1.82, 2.24) is 0 Å². The summed E-state index contributed by atoms with van der Waals surface area (Å²) in [5, 5.41) is 0. The third kappa shape index (κ3) is 3.33. The van der Waals surface area contributed by atoms with Crippen LogP contribution >= 0.6 is 0 Å². The summed E-state index contributed by atoms with van der Waals surface area (Å²) in [6, 6.07) is 0. The van der Waals surface area contributed by atoms with Gasteiger partial charge in [-0.2, -0.15) is 0 Å². The molecule has 1 nitrogen and oxygen atoms in total. The third-order valence-corrected chi connectivity index (χ3v) is 2.71. The molecule has 0 fully saturated rings. The predicted octanol–water partition coefficient (Wildman–Crippen LogP) is 3.49. The Labute approximate surface area is 81.2 Å². The predicted molar refractivity (Wildman–Crippen MR) is 55.6 cm³/mol. The van der Waals surface area contributed by atoms with Crippen LogP contribution in [0.2, 0.25) is 0 Å². The van der Waals surface area contributed by atoms with Gasteiger partial charge in [0.2, 0.25) is 0 Å². The number of hydrogen-bond donors (Lipinski definition) is 0. The lowest BCUT2D eigenvalue weighted by molar-refractivity contribution is -0.116. The summed E-state index contributed by atoms with van der Waals surface area (Å²) in [7, 11) is 0. The molecule has 0 saturated heterocycles. The molecule has 0 radical (unpaired) electrons. The van der Waals surface area contributed by atoms with E-state index in [9.17, 15) is 4.79 Å². The van der Waals surface area contributed by atoms with Crippen LogP contribution in [0.5, 0.6) is 0 Å². The van der Waals surface area contributed by atoms with Gasteiger partial charge in [0.05, 0.1) is 0 Å². The van der Waals surface area contributed by atoms with E-state index < -0.39 is 0 Å². The fourth-order valence-electron chi connectivity index (χ4n) is 1.97. The number of carbonyl (C=O) groups excluding carboxylic acids is 1. The van der Waals surface area contributed by atoms with Crippen LogP contribution < -0.4 is 0 Å². The molecule has 1 aliphatic carbocycles. The molecule has 1 atom stereocenters. The first-order valence-electron chi connectivity index (χ1n) is 5.46. The van der Waals surface area contributed by atoms with E-state index in [1.54, 1.807) is 0 Å². The van der Waals surface area contributed by atoms with Crippen LogP contribution in [0.1, 0.15) is 52.4 Å². The maximum Gasteiger partial charge on any atom is 0.158 e. The van der Waals surface area contributed by atoms with Crippen LogP contribution in [0.25, 0.3) is 0 Å². The minimum atomic E-state index is 0.401. The maximum atomic E-state index is 11.7. The molecule has 0 N–H and O–H groups in total. The molecule has 0 amide bonds. The summed E-state index contributed by atoms with van der Waals surface area (Å²) in [6.45, 7) is 4.35. The molecule has 0 aromatic heterocycles. The normalized spacial score (nSPS) is 18.5. The second-order valence-electron chi connectivity index (χ2n) is 4.14. The fourth-order valence-corrected chi connectivity index (χ4v) is 1.97. The SMILES string of the molecule is CCCC(C)CC(=O)C1=CCCC1. The molecule has 0 aromatic rings. The first kappa shape index (κ1) is 10.5. The van der Waals surface area contributed by atoms with Gasteiger partial charge < -0.3 is 0 Å². The highest BCUT2D eigenvalue weighted by Crippen LogP contribution is 2.22. The van der Waals surface area contributed by atoms with Crippen molar-refractivity contribution in [3.63, 3.8) is 0 Å². The Morgan fingerprint density at radius 3 is 2.92 bits per heavy atom. The van der Waals surface area contributed by atoms with Gasteiger partial charge in [0.25, 0.3) is 0 Å². The third-order valence-electron chi connectivity index (χ3n) is 2.71. The van der Waals surface area contributed by atoms with Crippen molar-refractivity contribution >= 4 is 5.78 Å². The Hall–Kier alpha value is -0.590. The van der Waals surface area contributed by atoms with Crippen LogP contribution in [0.4, 0.5) is 0 Å². The molecule has 1 unspecified atom stereocenters. The zero-order valence-electron chi connectivity index (χ0n) is 8.81. The largest absolute Gasteiger partial charge is 0.295 e. The lowest BCUT2D eigenvalue weighted by Gasteiger charge is -2.08. The summed E-state index contributed by atoms with van der Waals surface area (Å²) in [5.41, 5.74) is 1.10. The van der Waals surface area contributed by atoms with E-state index in [4.69, 9.17) is 0 Å². The second kappa shape index (κ2) is 5.21. The minimum Gasteiger partial charge on any atom is -0.295 e. The Morgan fingerprint density at radius 2 is 2.38 bits per heavy atom. The standard InChI is InChI=1S/C12H20O/c1-3-6-10(2)9-12(13)11-7-4-5-8-11/h7,10H,3-6,8-9H2,1-2H3. The summed E-state index contributed by atoms with van der Waals surface area (Å²) < 4.78 is 0. The van der Waals surface area contributed by atoms with Gasteiger partial charge >= 0.3 is 0 Å². The average Bonchev–Trinajstić information content (AvgIpc) is 2.55. The van der Waals surface area contributed by atoms with Crippen LogP contribution in [0.15, 0.2) is 11.6 Å². The molecule has 0 aromatic carbocycles. The molecular formula is C12H20O. The van der Waals surface area contributed by atoms with Crippen LogP contribution in [-0.2, 0) is 4.79 Å². The average molecular weight is 180 g/mol. The number of hydrogen-bond acceptors (Lipinski definition) is 1. The van der Waals surface area contributed by atoms with E-state index in [1.807, 2.05) is 0 Å². The van der Waals surface area contributed by atoms with Gasteiger partial charge in [-0.05, 0) is 30.8 Å². The summed E-state index contributed by atoms with van der Waals surface area (Å²) in [6.07, 6.45) is 8.58. The van der Waals surface area contributed by atoms with E-state index in [2.05, 4.69) is 19.9 Å². The Kier molecular flexibility index (Phi) is 4.20. The lowest BCUT2D eigenvalue weighted by atomic mass is 9.96. The van der Waals surface area contributed by atoms with Crippen LogP contribution in [0, 0.1) is 5.92 Å². The van der Waals surface area contributed by atoms with Crippen molar-refractivity contribution < 1.29 is 4.79 Å². The van der Waals surface area contributed by atoms with Crippen LogP contribution in [0.3, 0.4) is 0 Å². The summed E-state index contributed by atoms with van der Waals surface area (Å²) >= 11 is 0. The van der Waals surface area contributed by atoms with Crippen LogP contribution in [-0.4, -0.2) is 5.78 Å². The number of carbonyl (C=O) groups is 1. The van der Waals surface area contributed by atoms with E-state index in [-0.39, 0.29) is 0 Å². The van der Waals surface area contributed by atoms with Gasteiger partial charge in [-0.15, -0.1) is 0 Å². The molecule has 0 saturated carbocycles. The molecule has 0 bridgehead atoms. The van der Waals surface area contributed by atoms with Crippen molar-refractivity contribution in [1.29, 1.82) is 0 Å². The first-order chi connectivity index (χ1) is 6.24. The second-order valence-corrected chi connectivity index (χ2v) is 4.14. The monoisotopic (exact) mass is 180 g/mol. The van der Waals surface area contributed by atoms with Crippen molar-refractivity contribution in [2.75, 3.05) is 0 Å². The topological polar surface area (TPSA) is 17.1 Å². The van der Waals surface area contributed by atoms with E-state index in [0.29, 0.717) is 11.7 Å². The van der Waals surface area contributed by atoms with Gasteiger partial charge in [0.1, 0.15) is 0 Å². The highest BCUT2D eigenvalue weighted by Gasteiger charge is 2.15. The lowest BCUT2D eigenvalue weighted by Crippen LogP contribution is -2.06. The van der Waals surface area contributed by atoms with Gasteiger partial charge in [0.15, 0.2) is 5.78 Å². The molecule has 0 heterocycles. The first-order valence-corrected chi connectivity index (χ1v) is 5.46. The molecule has 0 spiro atoms. The van der Waals surface area contributed by atoms with Gasteiger partial charge in [-0.3, -0.25) is 4.79 Å². The van der Waals surface area contributed by atoms with Crippen molar-refractivity contribution in [3.05, 3.63) is 11.6 Å². The Bertz CT molecular complexity index is 203. The minimum absolute atomic E-state index is 0.401. The van der Waals surface area contributed by atoms with Gasteiger partial charge in [-0.25, -0.2) is 0 Å². The van der Waals surface area contributed by atoms with Crippen molar-refractivity contribution in [2.45, 2.75) is 52.4 Å². The van der Waals surface area contributed by atoms with E-state index in [1.165, 1.54) is 19.3 Å². The molecule has 1 aliphatic rings. The molecule has 1 heteroatoms. The zero-order chi connectivity index (χ0) is 9.68. The smallest absolute Gasteiger partial charge is 0.158 e. The highest BCUT2D eigenvalue weighted by atomic mass is 16.1. The summed E-state index contributed by atoms with van der Waals surface area (Å²) in [4.78, 5) is 11.7. The molecule has 13 heavy (non-hydrogen) atoms. The number of Topliss-reactive ketones (excluding diaryl/α,β-unsaturated/α-hetero) is 1. The highest BCUT2D eigenvalue weighted by molar-refractivity contribution is 5.95. The van der Waals surface area contributed by atoms with Gasteiger partial charge in [0, 0.05) is 6.42 Å². The Morgan fingerprint density at radius 1 is 1.62 bits per heavy atom. The summed E-state index contributed by atoms with van der Waals surface area (Å²) in [5.74, 6) is 0.970. The van der Waals surface area contributed by atoms with E-state index in [0.717, 1.165) is 24.8 Å². The fraction of sp³-hybridized carbons (Fsp3) is 0.750. The zero-order valence-corrected chi connectivity index (χ0v) is 8.81. The molecule has 0 aliphatic heterocycles. The van der Waals surface area contributed by atoms with Crippen molar-refractivity contribution in [3.8, 4) is 0 Å². The quantitative estimate of drug-likeness (QED) is 0.633. The molecule has 74 valence electrons. The number of ketones is 1. The molecular weight excluding hydrogens is 160 g/mol. The van der Waals surface area contributed by atoms with Gasteiger partial charge in [-0.1, -0.05) is 32.8 Å². The number of rotatable bonds is 5. The maximum absolute atomic E-state index is 11.7. The molecule has 1 rings (SSSR count). The van der Waals surface area contributed by atoms with E-state index >= 15 is 0 Å². The van der Waals surface area contributed by atoms with Crippen molar-refractivity contribution in [2.24, 2.45) is 5.92 Å².